The number of rotatable bonds is 4. The summed E-state index contributed by atoms with van der Waals surface area (Å²) < 4.78 is 0. The number of hydrogen-bond acceptors (Lipinski definition) is 3. The molecule has 1 aromatic heterocycles. The minimum absolute atomic E-state index is 0.0898. The number of piperidine rings is 1. The highest BCUT2D eigenvalue weighted by Gasteiger charge is 2.32. The molecule has 0 spiro atoms. The van der Waals surface area contributed by atoms with Crippen LogP contribution in [0.25, 0.3) is 0 Å². The molecule has 1 saturated heterocycles. The zero-order valence-electron chi connectivity index (χ0n) is 12.7. The molecule has 112 valence electrons. The van der Waals surface area contributed by atoms with Crippen molar-refractivity contribution in [3.63, 3.8) is 0 Å². The average molecular weight is 295 g/mol. The Morgan fingerprint density at radius 2 is 2.25 bits per heavy atom. The molecule has 1 aliphatic rings. The predicted octanol–water partition coefficient (Wildman–Crippen LogP) is 3.25. The molecule has 1 aromatic rings. The summed E-state index contributed by atoms with van der Waals surface area (Å²) in [7, 11) is 0. The molecule has 2 rings (SSSR count). The molecule has 1 fully saturated rings. The number of nitrogens with zero attached hydrogens (tertiary/aromatic N) is 1. The summed E-state index contributed by atoms with van der Waals surface area (Å²) in [5.41, 5.74) is 0.578. The minimum atomic E-state index is -0.731. The van der Waals surface area contributed by atoms with E-state index in [1.54, 1.807) is 11.3 Å². The van der Waals surface area contributed by atoms with Crippen molar-refractivity contribution in [2.24, 2.45) is 0 Å². The van der Waals surface area contributed by atoms with E-state index in [0.29, 0.717) is 6.54 Å². The summed E-state index contributed by atoms with van der Waals surface area (Å²) in [5.74, 6) is 0.0898. The predicted molar refractivity (Wildman–Crippen MR) is 83.5 cm³/mol. The third-order valence-electron chi connectivity index (χ3n) is 3.93. The molecule has 1 unspecified atom stereocenters. The third-order valence-corrected chi connectivity index (χ3v) is 5.15. The van der Waals surface area contributed by atoms with Crippen molar-refractivity contribution in [3.05, 3.63) is 21.4 Å². The van der Waals surface area contributed by atoms with Gasteiger partial charge in [0.25, 0.3) is 5.91 Å². The normalized spacial score (nSPS) is 23.1. The van der Waals surface area contributed by atoms with Crippen molar-refractivity contribution in [3.8, 4) is 0 Å². The van der Waals surface area contributed by atoms with Crippen LogP contribution in [0.4, 0.5) is 0 Å². The Balaban J connectivity index is 2.16. The van der Waals surface area contributed by atoms with Gasteiger partial charge in [0, 0.05) is 18.0 Å². The van der Waals surface area contributed by atoms with Gasteiger partial charge in [-0.15, -0.1) is 11.3 Å². The number of thiophene rings is 1. The fraction of sp³-hybridized carbons (Fsp3) is 0.688. The Hall–Kier alpha value is -0.870. The van der Waals surface area contributed by atoms with Gasteiger partial charge in [-0.2, -0.15) is 0 Å². The van der Waals surface area contributed by atoms with E-state index in [0.717, 1.165) is 43.5 Å². The second-order valence-electron chi connectivity index (χ2n) is 5.99. The van der Waals surface area contributed by atoms with Crippen molar-refractivity contribution in [2.75, 3.05) is 13.1 Å². The quantitative estimate of drug-likeness (QED) is 0.926. The number of carbonyl (C=O) groups excluding carboxylic acids is 1. The van der Waals surface area contributed by atoms with Crippen LogP contribution in [0.2, 0.25) is 0 Å². The molecule has 0 saturated carbocycles. The van der Waals surface area contributed by atoms with Gasteiger partial charge in [-0.1, -0.05) is 20.3 Å². The highest BCUT2D eigenvalue weighted by atomic mass is 32.1. The molecule has 0 aromatic carbocycles. The maximum Gasteiger partial charge on any atom is 0.264 e. The summed E-state index contributed by atoms with van der Waals surface area (Å²) in [6.45, 7) is 7.34. The van der Waals surface area contributed by atoms with Crippen LogP contribution in [0.5, 0.6) is 0 Å². The molecular weight excluding hydrogens is 270 g/mol. The van der Waals surface area contributed by atoms with Crippen LogP contribution in [0, 0.1) is 0 Å². The van der Waals surface area contributed by atoms with E-state index in [1.165, 1.54) is 10.4 Å². The molecule has 0 aliphatic carbocycles. The van der Waals surface area contributed by atoms with E-state index in [-0.39, 0.29) is 5.91 Å². The lowest BCUT2D eigenvalue weighted by molar-refractivity contribution is -0.0105. The van der Waals surface area contributed by atoms with Gasteiger partial charge in [-0.25, -0.2) is 0 Å². The first-order valence-electron chi connectivity index (χ1n) is 7.60. The Morgan fingerprint density at radius 3 is 2.85 bits per heavy atom. The number of hydrogen-bond donors (Lipinski definition) is 1. The van der Waals surface area contributed by atoms with Gasteiger partial charge in [0.05, 0.1) is 10.5 Å². The zero-order chi connectivity index (χ0) is 14.8. The Labute approximate surface area is 125 Å². The van der Waals surface area contributed by atoms with Crippen LogP contribution >= 0.6 is 11.3 Å². The van der Waals surface area contributed by atoms with Gasteiger partial charge in [0.1, 0.15) is 0 Å². The molecule has 1 atom stereocenters. The van der Waals surface area contributed by atoms with Gasteiger partial charge < -0.3 is 10.0 Å². The number of β-amino-alcohol motifs (C(OH)–C–C–N with tert-alkyl or cyclic N) is 1. The van der Waals surface area contributed by atoms with Gasteiger partial charge >= 0.3 is 0 Å². The standard InChI is InChI=1S/C16H25NO2S/c1-4-7-13-12(5-2)10-14(20-13)15(18)17-9-6-8-16(3,19)11-17/h10,19H,4-9,11H2,1-3H3. The first-order chi connectivity index (χ1) is 9.46. The molecule has 1 aliphatic heterocycles. The average Bonchev–Trinajstić information content (AvgIpc) is 2.80. The summed E-state index contributed by atoms with van der Waals surface area (Å²) in [6, 6.07) is 2.06. The molecule has 3 nitrogen and oxygen atoms in total. The summed E-state index contributed by atoms with van der Waals surface area (Å²) in [6.07, 6.45) is 4.81. The first kappa shape index (κ1) is 15.5. The lowest BCUT2D eigenvalue weighted by Gasteiger charge is -2.36. The summed E-state index contributed by atoms with van der Waals surface area (Å²) in [4.78, 5) is 16.6. The zero-order valence-corrected chi connectivity index (χ0v) is 13.6. The molecule has 1 N–H and O–H groups in total. The molecule has 2 heterocycles. The monoisotopic (exact) mass is 295 g/mol. The van der Waals surface area contributed by atoms with E-state index in [9.17, 15) is 9.90 Å². The Bertz CT molecular complexity index is 479. The van der Waals surface area contributed by atoms with Gasteiger partial charge in [0.15, 0.2) is 0 Å². The second kappa shape index (κ2) is 6.27. The fourth-order valence-electron chi connectivity index (χ4n) is 2.86. The molecule has 20 heavy (non-hydrogen) atoms. The molecule has 0 bridgehead atoms. The Kier molecular flexibility index (Phi) is 4.86. The van der Waals surface area contributed by atoms with Crippen molar-refractivity contribution in [1.82, 2.24) is 4.90 Å². The fourth-order valence-corrected chi connectivity index (χ4v) is 4.18. The lowest BCUT2D eigenvalue weighted by atomic mass is 9.95. The van der Waals surface area contributed by atoms with Crippen LogP contribution < -0.4 is 0 Å². The van der Waals surface area contributed by atoms with Gasteiger partial charge in [0.2, 0.25) is 0 Å². The SMILES string of the molecule is CCCc1sc(C(=O)N2CCCC(C)(O)C2)cc1CC. The van der Waals surface area contributed by atoms with Crippen LogP contribution in [-0.2, 0) is 12.8 Å². The molecular formula is C16H25NO2S. The molecule has 4 heteroatoms. The van der Waals surface area contributed by atoms with E-state index < -0.39 is 5.60 Å². The first-order valence-corrected chi connectivity index (χ1v) is 8.41. The highest BCUT2D eigenvalue weighted by molar-refractivity contribution is 7.14. The lowest BCUT2D eigenvalue weighted by Crippen LogP contribution is -2.48. The van der Waals surface area contributed by atoms with Crippen LogP contribution in [0.3, 0.4) is 0 Å². The molecule has 1 amide bonds. The number of likely N-dealkylation sites (tertiary alicyclic amines) is 1. The van der Waals surface area contributed by atoms with Crippen LogP contribution in [0.15, 0.2) is 6.07 Å². The topological polar surface area (TPSA) is 40.5 Å². The highest BCUT2D eigenvalue weighted by Crippen LogP contribution is 2.28. The minimum Gasteiger partial charge on any atom is -0.388 e. The van der Waals surface area contributed by atoms with Crippen molar-refractivity contribution in [2.45, 2.75) is 58.5 Å². The maximum atomic E-state index is 12.6. The van der Waals surface area contributed by atoms with E-state index in [1.807, 2.05) is 11.8 Å². The largest absolute Gasteiger partial charge is 0.388 e. The van der Waals surface area contributed by atoms with E-state index in [2.05, 4.69) is 19.9 Å². The van der Waals surface area contributed by atoms with Gasteiger partial charge in [-0.3, -0.25) is 4.79 Å². The van der Waals surface area contributed by atoms with Crippen molar-refractivity contribution >= 4 is 17.2 Å². The number of aryl methyl sites for hydroxylation is 2. The summed E-state index contributed by atoms with van der Waals surface area (Å²) in [5, 5.41) is 10.1. The van der Waals surface area contributed by atoms with Crippen molar-refractivity contribution < 1.29 is 9.90 Å². The Morgan fingerprint density at radius 1 is 1.50 bits per heavy atom. The number of carbonyl (C=O) groups is 1. The van der Waals surface area contributed by atoms with E-state index >= 15 is 0 Å². The number of amides is 1. The maximum absolute atomic E-state index is 12.6. The van der Waals surface area contributed by atoms with E-state index in [4.69, 9.17) is 0 Å². The number of aliphatic hydroxyl groups is 1. The second-order valence-corrected chi connectivity index (χ2v) is 7.13. The summed E-state index contributed by atoms with van der Waals surface area (Å²) >= 11 is 1.64. The third kappa shape index (κ3) is 3.41. The van der Waals surface area contributed by atoms with Crippen LogP contribution in [-0.4, -0.2) is 34.6 Å². The smallest absolute Gasteiger partial charge is 0.264 e. The van der Waals surface area contributed by atoms with Crippen LogP contribution in [0.1, 0.15) is 60.1 Å². The van der Waals surface area contributed by atoms with Crippen molar-refractivity contribution in [1.29, 1.82) is 0 Å². The molecule has 0 radical (unpaired) electrons. The van der Waals surface area contributed by atoms with Gasteiger partial charge in [-0.05, 0) is 44.2 Å².